The van der Waals surface area contributed by atoms with Gasteiger partial charge in [0.2, 0.25) is 0 Å². The van der Waals surface area contributed by atoms with Crippen molar-refractivity contribution in [1.82, 2.24) is 5.32 Å². The van der Waals surface area contributed by atoms with Crippen LogP contribution in [0.2, 0.25) is 0 Å². The molecule has 5 nitrogen and oxygen atoms in total. The number of nitrogens with one attached hydrogen (secondary N) is 1. The van der Waals surface area contributed by atoms with Crippen molar-refractivity contribution in [3.63, 3.8) is 0 Å². The molecule has 0 fully saturated rings. The molecule has 2 N–H and O–H groups in total. The summed E-state index contributed by atoms with van der Waals surface area (Å²) in [7, 11) is 0. The fourth-order valence-corrected chi connectivity index (χ4v) is 0.613. The number of aliphatic carboxylic acids is 1. The van der Waals surface area contributed by atoms with Gasteiger partial charge in [-0.2, -0.15) is 8.78 Å². The molecule has 0 rings (SSSR count). The molecule has 0 bridgehead atoms. The lowest BCUT2D eigenvalue weighted by molar-refractivity contribution is -0.169. The van der Waals surface area contributed by atoms with Crippen molar-refractivity contribution in [2.45, 2.75) is 12.3 Å². The van der Waals surface area contributed by atoms with E-state index in [0.717, 1.165) is 0 Å². The highest BCUT2D eigenvalue weighted by atomic mass is 19.3. The second-order valence-corrected chi connectivity index (χ2v) is 2.63. The Morgan fingerprint density at radius 3 is 2.38 bits per heavy atom. The Bertz CT molecular complexity index is 259. The lowest BCUT2D eigenvalue weighted by Crippen LogP contribution is -2.46. The van der Waals surface area contributed by atoms with Crippen LogP contribution in [0.5, 0.6) is 0 Å². The summed E-state index contributed by atoms with van der Waals surface area (Å²) in [6.45, 7) is -1.51. The second kappa shape index (κ2) is 6.26. The SMILES string of the molecule is O=C(O)COCCNC(=O)C(F)(F)C(F)F. The maximum Gasteiger partial charge on any atom is 0.383 e. The third-order valence-electron chi connectivity index (χ3n) is 1.33. The van der Waals surface area contributed by atoms with Crippen molar-refractivity contribution >= 4 is 11.9 Å². The van der Waals surface area contributed by atoms with E-state index in [1.54, 1.807) is 0 Å². The molecular formula is C7H9F4NO4. The standard InChI is InChI=1S/C7H9F4NO4/c8-5(9)7(10,11)6(15)12-1-2-16-3-4(13)14/h5H,1-3H2,(H,12,15)(H,13,14). The number of carbonyl (C=O) groups is 2. The number of carboxylic acids is 1. The number of amides is 1. The molecule has 94 valence electrons. The van der Waals surface area contributed by atoms with Gasteiger partial charge in [-0.15, -0.1) is 0 Å². The van der Waals surface area contributed by atoms with Crippen LogP contribution in [0, 0.1) is 0 Å². The van der Waals surface area contributed by atoms with Crippen molar-refractivity contribution in [2.24, 2.45) is 0 Å². The largest absolute Gasteiger partial charge is 0.480 e. The number of carboxylic acid groups (broad SMARTS) is 1. The summed E-state index contributed by atoms with van der Waals surface area (Å²) in [4.78, 5) is 20.4. The smallest absolute Gasteiger partial charge is 0.383 e. The summed E-state index contributed by atoms with van der Waals surface area (Å²) < 4.78 is 52.2. The summed E-state index contributed by atoms with van der Waals surface area (Å²) in [5.41, 5.74) is 0. The van der Waals surface area contributed by atoms with Gasteiger partial charge in [-0.25, -0.2) is 13.6 Å². The second-order valence-electron chi connectivity index (χ2n) is 2.63. The third-order valence-corrected chi connectivity index (χ3v) is 1.33. The lowest BCUT2D eigenvalue weighted by Gasteiger charge is -2.14. The Kier molecular flexibility index (Phi) is 5.72. The van der Waals surface area contributed by atoms with Crippen LogP contribution in [0.4, 0.5) is 17.6 Å². The highest BCUT2D eigenvalue weighted by Crippen LogP contribution is 2.22. The molecule has 9 heteroatoms. The van der Waals surface area contributed by atoms with Crippen LogP contribution >= 0.6 is 0 Å². The van der Waals surface area contributed by atoms with E-state index >= 15 is 0 Å². The van der Waals surface area contributed by atoms with Gasteiger partial charge in [0, 0.05) is 6.54 Å². The first-order chi connectivity index (χ1) is 7.28. The van der Waals surface area contributed by atoms with Gasteiger partial charge >= 0.3 is 18.3 Å². The van der Waals surface area contributed by atoms with E-state index in [1.165, 1.54) is 5.32 Å². The van der Waals surface area contributed by atoms with Crippen LogP contribution < -0.4 is 5.32 Å². The highest BCUT2D eigenvalue weighted by molar-refractivity contribution is 5.83. The molecule has 1 amide bonds. The van der Waals surface area contributed by atoms with E-state index in [0.29, 0.717) is 0 Å². The number of rotatable bonds is 7. The summed E-state index contributed by atoms with van der Waals surface area (Å²) in [6.07, 6.45) is -4.09. The van der Waals surface area contributed by atoms with Crippen molar-refractivity contribution in [3.8, 4) is 0 Å². The molecule has 0 unspecified atom stereocenters. The average Bonchev–Trinajstić information content (AvgIpc) is 2.16. The third kappa shape index (κ3) is 4.91. The first-order valence-corrected chi connectivity index (χ1v) is 4.02. The number of carbonyl (C=O) groups excluding carboxylic acids is 1. The maximum absolute atomic E-state index is 12.3. The topological polar surface area (TPSA) is 75.6 Å². The van der Waals surface area contributed by atoms with Crippen LogP contribution in [-0.4, -0.2) is 49.1 Å². The molecule has 16 heavy (non-hydrogen) atoms. The molecule has 0 radical (unpaired) electrons. The van der Waals surface area contributed by atoms with Gasteiger partial charge in [0.25, 0.3) is 5.91 Å². The normalized spacial score (nSPS) is 11.6. The predicted octanol–water partition coefficient (Wildman–Crippen LogP) is 0.104. The molecule has 0 aromatic carbocycles. The highest BCUT2D eigenvalue weighted by Gasteiger charge is 2.48. The van der Waals surface area contributed by atoms with Gasteiger partial charge in [0.05, 0.1) is 6.61 Å². The molecule has 0 aliphatic rings. The van der Waals surface area contributed by atoms with Crippen LogP contribution in [0.3, 0.4) is 0 Å². The molecule has 0 spiro atoms. The Balaban J connectivity index is 3.78. The first kappa shape index (κ1) is 14.6. The lowest BCUT2D eigenvalue weighted by atomic mass is 10.3. The van der Waals surface area contributed by atoms with E-state index < -0.39 is 37.4 Å². The van der Waals surface area contributed by atoms with Gasteiger partial charge in [-0.1, -0.05) is 0 Å². The van der Waals surface area contributed by atoms with Crippen LogP contribution in [-0.2, 0) is 14.3 Å². The molecule has 0 saturated carbocycles. The van der Waals surface area contributed by atoms with Gasteiger partial charge in [-0.3, -0.25) is 4.79 Å². The Labute approximate surface area is 87.4 Å². The van der Waals surface area contributed by atoms with Gasteiger partial charge in [-0.05, 0) is 0 Å². The van der Waals surface area contributed by atoms with Crippen molar-refractivity contribution in [1.29, 1.82) is 0 Å². The molecule has 0 aliphatic heterocycles. The zero-order valence-electron chi connectivity index (χ0n) is 7.88. The number of ether oxygens (including phenoxy) is 1. The van der Waals surface area contributed by atoms with Crippen LogP contribution in [0.15, 0.2) is 0 Å². The number of halogens is 4. The van der Waals surface area contributed by atoms with Gasteiger partial charge in [0.1, 0.15) is 6.61 Å². The van der Waals surface area contributed by atoms with E-state index in [4.69, 9.17) is 5.11 Å². The van der Waals surface area contributed by atoms with Gasteiger partial charge < -0.3 is 15.2 Å². The fourth-order valence-electron chi connectivity index (χ4n) is 0.613. The summed E-state index contributed by atoms with van der Waals surface area (Å²) in [5, 5.41) is 9.58. The van der Waals surface area contributed by atoms with E-state index in [-0.39, 0.29) is 6.61 Å². The number of hydrogen-bond donors (Lipinski definition) is 2. The molecule has 0 saturated heterocycles. The maximum atomic E-state index is 12.3. The van der Waals surface area contributed by atoms with Crippen molar-refractivity contribution in [2.75, 3.05) is 19.8 Å². The predicted molar refractivity (Wildman–Crippen MR) is 42.4 cm³/mol. The van der Waals surface area contributed by atoms with Crippen LogP contribution in [0.25, 0.3) is 0 Å². The average molecular weight is 247 g/mol. The molecular weight excluding hydrogens is 238 g/mol. The fraction of sp³-hybridized carbons (Fsp3) is 0.714. The Morgan fingerprint density at radius 1 is 1.38 bits per heavy atom. The summed E-state index contributed by atoms with van der Waals surface area (Å²) in [6, 6.07) is 0. The molecule has 0 atom stereocenters. The van der Waals surface area contributed by atoms with E-state index in [1.807, 2.05) is 0 Å². The minimum absolute atomic E-state index is 0.364. The molecule has 0 aromatic heterocycles. The van der Waals surface area contributed by atoms with Crippen molar-refractivity contribution < 1.29 is 37.0 Å². The minimum atomic E-state index is -4.76. The molecule has 0 aromatic rings. The number of alkyl halides is 4. The monoisotopic (exact) mass is 247 g/mol. The zero-order valence-corrected chi connectivity index (χ0v) is 7.88. The van der Waals surface area contributed by atoms with E-state index in [2.05, 4.69) is 4.74 Å². The summed E-state index contributed by atoms with van der Waals surface area (Å²) >= 11 is 0. The Hall–Kier alpha value is -1.38. The molecule has 0 aliphatic carbocycles. The number of hydrogen-bond acceptors (Lipinski definition) is 3. The molecule has 0 heterocycles. The quantitative estimate of drug-likeness (QED) is 0.494. The van der Waals surface area contributed by atoms with Crippen molar-refractivity contribution in [3.05, 3.63) is 0 Å². The van der Waals surface area contributed by atoms with Gasteiger partial charge in [0.15, 0.2) is 0 Å². The zero-order chi connectivity index (χ0) is 12.8. The first-order valence-electron chi connectivity index (χ1n) is 4.02. The van der Waals surface area contributed by atoms with E-state index in [9.17, 15) is 27.2 Å². The Morgan fingerprint density at radius 2 is 1.94 bits per heavy atom. The van der Waals surface area contributed by atoms with Crippen LogP contribution in [0.1, 0.15) is 0 Å². The minimum Gasteiger partial charge on any atom is -0.480 e. The summed E-state index contributed by atoms with van der Waals surface area (Å²) in [5.74, 6) is -8.15.